The van der Waals surface area contributed by atoms with Crippen LogP contribution in [0.3, 0.4) is 0 Å². The van der Waals surface area contributed by atoms with Crippen molar-refractivity contribution in [1.29, 1.82) is 0 Å². The van der Waals surface area contributed by atoms with Crippen molar-refractivity contribution < 1.29 is 4.79 Å². The Kier molecular flexibility index (Phi) is 4.58. The maximum atomic E-state index is 11.8. The second kappa shape index (κ2) is 5.99. The summed E-state index contributed by atoms with van der Waals surface area (Å²) in [6.45, 7) is 0.586. The van der Waals surface area contributed by atoms with Gasteiger partial charge in [0.05, 0.1) is 14.4 Å². The van der Waals surface area contributed by atoms with Crippen molar-refractivity contribution in [3.8, 4) is 0 Å². The molecule has 0 fully saturated rings. The van der Waals surface area contributed by atoms with E-state index >= 15 is 0 Å². The molecule has 0 saturated carbocycles. The lowest BCUT2D eigenvalue weighted by atomic mass is 10.3. The lowest BCUT2D eigenvalue weighted by Crippen LogP contribution is -2.24. The van der Waals surface area contributed by atoms with E-state index in [1.165, 1.54) is 11.3 Å². The highest BCUT2D eigenvalue weighted by Crippen LogP contribution is 2.32. The minimum absolute atomic E-state index is 0.0534. The van der Waals surface area contributed by atoms with Crippen molar-refractivity contribution in [1.82, 2.24) is 15.1 Å². The summed E-state index contributed by atoms with van der Waals surface area (Å²) >= 11 is 8.14. The summed E-state index contributed by atoms with van der Waals surface area (Å²) in [6.07, 6.45) is 2.63. The number of aryl methyl sites for hydroxylation is 1. The van der Waals surface area contributed by atoms with Crippen molar-refractivity contribution in [3.05, 3.63) is 37.2 Å². The van der Waals surface area contributed by atoms with E-state index in [0.717, 1.165) is 20.4 Å². The first kappa shape index (κ1) is 13.8. The lowest BCUT2D eigenvalue weighted by Gasteiger charge is -2.01. The van der Waals surface area contributed by atoms with Gasteiger partial charge in [0.1, 0.15) is 0 Å². The Morgan fingerprint density at radius 3 is 2.89 bits per heavy atom. The monoisotopic (exact) mass is 391 g/mol. The molecule has 0 aliphatic carbocycles. The van der Waals surface area contributed by atoms with E-state index in [1.807, 2.05) is 25.4 Å². The van der Waals surface area contributed by atoms with Crippen LogP contribution in [0, 0.1) is 0 Å². The van der Waals surface area contributed by atoms with E-state index < -0.39 is 0 Å². The number of hydrogen-bond donors (Lipinski definition) is 1. The molecule has 0 saturated heterocycles. The van der Waals surface area contributed by atoms with Gasteiger partial charge in [0, 0.05) is 30.7 Å². The Labute approximate surface area is 126 Å². The Morgan fingerprint density at radius 1 is 1.56 bits per heavy atom. The summed E-state index contributed by atoms with van der Waals surface area (Å²) < 4.78 is 3.59. The lowest BCUT2D eigenvalue weighted by molar-refractivity contribution is 0.0958. The Balaban J connectivity index is 1.85. The fraction of sp³-hybridized carbons (Fsp3) is 0.273. The highest BCUT2D eigenvalue weighted by molar-refractivity contribution is 9.13. The van der Waals surface area contributed by atoms with Crippen molar-refractivity contribution in [3.63, 3.8) is 0 Å². The van der Waals surface area contributed by atoms with Crippen LogP contribution in [-0.4, -0.2) is 22.2 Å². The van der Waals surface area contributed by atoms with Crippen LogP contribution < -0.4 is 5.32 Å². The number of halogens is 2. The van der Waals surface area contributed by atoms with Crippen LogP contribution in [0.2, 0.25) is 0 Å². The van der Waals surface area contributed by atoms with Gasteiger partial charge in [0.25, 0.3) is 5.91 Å². The van der Waals surface area contributed by atoms with Crippen LogP contribution in [0.15, 0.2) is 26.6 Å². The normalized spacial score (nSPS) is 10.6. The molecule has 96 valence electrons. The van der Waals surface area contributed by atoms with Gasteiger partial charge in [0.2, 0.25) is 0 Å². The third-order valence-electron chi connectivity index (χ3n) is 2.30. The third kappa shape index (κ3) is 3.43. The molecule has 7 heteroatoms. The summed E-state index contributed by atoms with van der Waals surface area (Å²) in [6, 6.07) is 3.76. The first-order valence-corrected chi connectivity index (χ1v) is 7.68. The zero-order chi connectivity index (χ0) is 13.1. The molecule has 0 atom stereocenters. The molecule has 2 rings (SSSR count). The first-order chi connectivity index (χ1) is 8.56. The van der Waals surface area contributed by atoms with E-state index in [-0.39, 0.29) is 5.91 Å². The van der Waals surface area contributed by atoms with E-state index in [4.69, 9.17) is 0 Å². The zero-order valence-corrected chi connectivity index (χ0v) is 13.6. The van der Waals surface area contributed by atoms with E-state index in [0.29, 0.717) is 11.4 Å². The smallest absolute Gasteiger partial charge is 0.261 e. The van der Waals surface area contributed by atoms with Gasteiger partial charge in [-0.05, 0) is 44.0 Å². The van der Waals surface area contributed by atoms with Gasteiger partial charge in [-0.3, -0.25) is 9.48 Å². The maximum absolute atomic E-state index is 11.8. The van der Waals surface area contributed by atoms with Crippen molar-refractivity contribution >= 4 is 49.1 Å². The second-order valence-corrected chi connectivity index (χ2v) is 6.94. The minimum atomic E-state index is -0.0534. The number of rotatable bonds is 4. The average Bonchev–Trinajstić information content (AvgIpc) is 2.87. The predicted octanol–water partition coefficient (Wildman–Crippen LogP) is 2.98. The van der Waals surface area contributed by atoms with Gasteiger partial charge in [-0.1, -0.05) is 0 Å². The molecule has 2 heterocycles. The molecule has 18 heavy (non-hydrogen) atoms. The largest absolute Gasteiger partial charge is 0.351 e. The second-order valence-electron chi connectivity index (χ2n) is 3.72. The molecule has 2 aromatic heterocycles. The Bertz CT molecular complexity index is 545. The van der Waals surface area contributed by atoms with Gasteiger partial charge in [0.15, 0.2) is 0 Å². The Morgan fingerprint density at radius 2 is 2.33 bits per heavy atom. The Hall–Kier alpha value is -0.660. The number of nitrogens with one attached hydrogen (secondary N) is 1. The quantitative estimate of drug-likeness (QED) is 0.869. The molecule has 4 nitrogen and oxygen atoms in total. The minimum Gasteiger partial charge on any atom is -0.351 e. The van der Waals surface area contributed by atoms with E-state index in [1.54, 1.807) is 4.68 Å². The topological polar surface area (TPSA) is 46.9 Å². The summed E-state index contributed by atoms with van der Waals surface area (Å²) in [5.74, 6) is -0.0534. The number of carbonyl (C=O) groups is 1. The summed E-state index contributed by atoms with van der Waals surface area (Å²) in [4.78, 5) is 12.5. The molecule has 0 bridgehead atoms. The number of hydrogen-bond acceptors (Lipinski definition) is 3. The predicted molar refractivity (Wildman–Crippen MR) is 79.0 cm³/mol. The van der Waals surface area contributed by atoms with Crippen LogP contribution in [0.5, 0.6) is 0 Å². The molecule has 0 spiro atoms. The average molecular weight is 393 g/mol. The number of amides is 1. The van der Waals surface area contributed by atoms with Gasteiger partial charge in [-0.2, -0.15) is 5.10 Å². The van der Waals surface area contributed by atoms with Crippen LogP contribution in [0.4, 0.5) is 0 Å². The molecular weight excluding hydrogens is 382 g/mol. The highest BCUT2D eigenvalue weighted by atomic mass is 79.9. The van der Waals surface area contributed by atoms with Crippen molar-refractivity contribution in [2.24, 2.45) is 7.05 Å². The standard InChI is InChI=1S/C11H11Br2N3OS/c1-16-5-3-7(15-16)2-4-14-11(17)9-6-8(12)10(13)18-9/h3,5-6H,2,4H2,1H3,(H,14,17). The van der Waals surface area contributed by atoms with Crippen LogP contribution in [-0.2, 0) is 13.5 Å². The van der Waals surface area contributed by atoms with Crippen LogP contribution in [0.25, 0.3) is 0 Å². The fourth-order valence-corrected chi connectivity index (χ4v) is 3.40. The molecule has 0 unspecified atom stereocenters. The summed E-state index contributed by atoms with van der Waals surface area (Å²) in [7, 11) is 1.88. The number of carbonyl (C=O) groups excluding carboxylic acids is 1. The van der Waals surface area contributed by atoms with Gasteiger partial charge < -0.3 is 5.32 Å². The molecule has 1 N–H and O–H groups in total. The third-order valence-corrected chi connectivity index (χ3v) is 5.56. The van der Waals surface area contributed by atoms with Crippen LogP contribution in [0.1, 0.15) is 15.4 Å². The molecule has 2 aromatic rings. The number of aromatic nitrogens is 2. The number of nitrogens with zero attached hydrogens (tertiary/aromatic N) is 2. The highest BCUT2D eigenvalue weighted by Gasteiger charge is 2.11. The molecular formula is C11H11Br2N3OS. The molecule has 0 aromatic carbocycles. The molecule has 0 aliphatic heterocycles. The van der Waals surface area contributed by atoms with Gasteiger partial charge >= 0.3 is 0 Å². The van der Waals surface area contributed by atoms with Crippen LogP contribution >= 0.6 is 43.2 Å². The SMILES string of the molecule is Cn1ccc(CCNC(=O)c2cc(Br)c(Br)s2)n1. The molecule has 0 aliphatic rings. The van der Waals surface area contributed by atoms with Crippen molar-refractivity contribution in [2.45, 2.75) is 6.42 Å². The van der Waals surface area contributed by atoms with Crippen molar-refractivity contribution in [2.75, 3.05) is 6.54 Å². The maximum Gasteiger partial charge on any atom is 0.261 e. The zero-order valence-electron chi connectivity index (χ0n) is 9.61. The van der Waals surface area contributed by atoms with Gasteiger partial charge in [-0.15, -0.1) is 11.3 Å². The number of thiophene rings is 1. The van der Waals surface area contributed by atoms with Gasteiger partial charge in [-0.25, -0.2) is 0 Å². The molecule has 1 amide bonds. The summed E-state index contributed by atoms with van der Waals surface area (Å²) in [5.41, 5.74) is 0.978. The fourth-order valence-electron chi connectivity index (χ4n) is 1.45. The molecule has 0 radical (unpaired) electrons. The first-order valence-electron chi connectivity index (χ1n) is 5.28. The van der Waals surface area contributed by atoms with E-state index in [2.05, 4.69) is 42.3 Å². The van der Waals surface area contributed by atoms with E-state index in [9.17, 15) is 4.79 Å². The summed E-state index contributed by atoms with van der Waals surface area (Å²) in [5, 5.41) is 7.13.